The first-order chi connectivity index (χ1) is 70.5. The minimum absolute atomic E-state index is 0.0340. The molecular weight excluding hydrogens is 1870 g/mol. The second kappa shape index (κ2) is 42.1. The lowest BCUT2D eigenvalue weighted by molar-refractivity contribution is -0.225. The van der Waals surface area contributed by atoms with Crippen molar-refractivity contribution in [3.63, 3.8) is 0 Å². The van der Waals surface area contributed by atoms with E-state index in [-0.39, 0.29) is 152 Å². The van der Waals surface area contributed by atoms with E-state index >= 15 is 0 Å². The highest BCUT2D eigenvalue weighted by Crippen LogP contribution is 2.58. The van der Waals surface area contributed by atoms with Gasteiger partial charge in [0.05, 0.1) is 100 Å². The lowest BCUT2D eigenvalue weighted by atomic mass is 9.73. The molecular formula is C122H140N8O18. The predicted octanol–water partition coefficient (Wildman–Crippen LogP) is 17.0. The minimum atomic E-state index is -1.33. The van der Waals surface area contributed by atoms with E-state index in [0.717, 1.165) is 170 Å². The number of hydrogen-bond donors (Lipinski definition) is 12. The van der Waals surface area contributed by atoms with E-state index in [1.807, 2.05) is 72.8 Å². The number of Topliss-reactive ketones (excluding diaryl/α,β-unsaturated/α-hetero) is 4. The molecule has 776 valence electrons. The Labute approximate surface area is 867 Å². The molecule has 4 aromatic carbocycles. The smallest absolute Gasteiger partial charge is 0.202 e. The van der Waals surface area contributed by atoms with Gasteiger partial charge in [-0.25, -0.2) is 19.9 Å². The molecule has 4 aliphatic carbocycles. The number of aliphatic hydroxyl groups is 8. The van der Waals surface area contributed by atoms with Gasteiger partial charge in [-0.3, -0.25) is 19.2 Å². The number of imidazole rings is 4. The third-order valence-electron chi connectivity index (χ3n) is 32.7. The van der Waals surface area contributed by atoms with Crippen molar-refractivity contribution in [1.29, 1.82) is 0 Å². The van der Waals surface area contributed by atoms with Crippen LogP contribution in [0.1, 0.15) is 328 Å². The molecule has 148 heavy (non-hydrogen) atoms. The summed E-state index contributed by atoms with van der Waals surface area (Å²) in [5.41, 5.74) is 11.2. The topological polar surface area (TPSA) is 400 Å². The Morgan fingerprint density at radius 3 is 1.05 bits per heavy atom. The zero-order valence-electron chi connectivity index (χ0n) is 86.8. The lowest BCUT2D eigenvalue weighted by Crippen LogP contribution is -2.55. The fraction of sp³-hybridized carbons (Fsp3) is 0.475. The average Bonchev–Trinajstić information content (AvgIpc) is 1.57. The Kier molecular flexibility index (Phi) is 30.5. The first-order valence-electron chi connectivity index (χ1n) is 51.7. The molecule has 0 spiro atoms. The van der Waals surface area contributed by atoms with Gasteiger partial charge < -0.3 is 89.2 Å². The number of H-pyrrole nitrogens is 4. The van der Waals surface area contributed by atoms with E-state index < -0.39 is 56.0 Å². The van der Waals surface area contributed by atoms with Crippen LogP contribution in [0.4, 0.5) is 0 Å². The van der Waals surface area contributed by atoms with E-state index in [1.54, 1.807) is 26.4 Å². The quantitative estimate of drug-likeness (QED) is 0.0113. The summed E-state index contributed by atoms with van der Waals surface area (Å²) in [5.74, 6) is 10.6. The number of carbonyl (C=O) groups excluding carboxylic acids is 4. The number of aromatic nitrogens is 8. The Balaban J connectivity index is 0.000000135. The fourth-order valence-electron chi connectivity index (χ4n) is 24.0. The number of aliphatic hydroxyl groups excluding tert-OH is 6. The van der Waals surface area contributed by atoms with E-state index in [2.05, 4.69) is 174 Å². The first-order valence-corrected chi connectivity index (χ1v) is 51.7. The number of nitrogens with zero attached hydrogens (tertiary/aromatic N) is 4. The second-order valence-corrected chi connectivity index (χ2v) is 46.6. The van der Waals surface area contributed by atoms with E-state index in [4.69, 9.17) is 54.1 Å². The number of terminal acetylenes is 4. The number of aromatic amines is 4. The van der Waals surface area contributed by atoms with Crippen LogP contribution in [-0.2, 0) is 65.3 Å². The van der Waals surface area contributed by atoms with Crippen LogP contribution in [0, 0.1) is 71.0 Å². The third kappa shape index (κ3) is 22.9. The number of rotatable bonds is 30. The fourth-order valence-corrected chi connectivity index (χ4v) is 24.0. The molecule has 8 bridgehead atoms. The molecule has 11 atom stereocenters. The number of methoxy groups -OCH3 is 2. The summed E-state index contributed by atoms with van der Waals surface area (Å²) in [6, 6.07) is 24.3. The zero-order valence-corrected chi connectivity index (χ0v) is 86.8. The van der Waals surface area contributed by atoms with Gasteiger partial charge in [-0.2, -0.15) is 0 Å². The number of hydrogen-bond acceptors (Lipinski definition) is 22. The van der Waals surface area contributed by atoms with E-state index in [9.17, 15) is 60.0 Å². The van der Waals surface area contributed by atoms with Crippen molar-refractivity contribution in [1.82, 2.24) is 39.9 Å². The Morgan fingerprint density at radius 2 is 0.716 bits per heavy atom. The van der Waals surface area contributed by atoms with Crippen LogP contribution in [0.25, 0.3) is 27.9 Å². The monoisotopic (exact) mass is 2010 g/mol. The van der Waals surface area contributed by atoms with Crippen LogP contribution in [0.5, 0.6) is 0 Å². The Morgan fingerprint density at radius 1 is 0.385 bits per heavy atom. The highest BCUT2D eigenvalue weighted by atomic mass is 16.6. The van der Waals surface area contributed by atoms with Crippen LogP contribution in [0.3, 0.4) is 0 Å². The van der Waals surface area contributed by atoms with Crippen LogP contribution in [-0.4, -0.2) is 216 Å². The summed E-state index contributed by atoms with van der Waals surface area (Å²) in [7, 11) is 3.28. The van der Waals surface area contributed by atoms with Gasteiger partial charge in [0.15, 0.2) is 23.3 Å². The molecule has 26 heteroatoms. The van der Waals surface area contributed by atoms with Gasteiger partial charge in [-0.15, -0.1) is 25.7 Å². The highest BCUT2D eigenvalue weighted by Gasteiger charge is 2.61. The molecule has 4 saturated heterocycles. The maximum atomic E-state index is 13.2. The molecule has 0 saturated carbocycles. The van der Waals surface area contributed by atoms with Crippen molar-refractivity contribution < 1.29 is 88.5 Å². The van der Waals surface area contributed by atoms with Crippen LogP contribution in [0.15, 0.2) is 164 Å². The van der Waals surface area contributed by atoms with Crippen molar-refractivity contribution >= 4 is 51.0 Å². The van der Waals surface area contributed by atoms with Gasteiger partial charge >= 0.3 is 0 Å². The molecule has 20 rings (SSSR count). The lowest BCUT2D eigenvalue weighted by Gasteiger charge is -2.48. The van der Waals surface area contributed by atoms with Crippen molar-refractivity contribution in [2.45, 2.75) is 278 Å². The van der Waals surface area contributed by atoms with Gasteiger partial charge in [-0.05, 0) is 255 Å². The molecule has 12 aliphatic rings. The molecule has 8 aromatic rings. The number of allylic oxidation sites excluding steroid dienone is 8. The number of fused-ring (bicyclic) bond motifs is 8. The predicted molar refractivity (Wildman–Crippen MR) is 566 cm³/mol. The molecule has 12 N–H and O–H groups in total. The zero-order chi connectivity index (χ0) is 105. The summed E-state index contributed by atoms with van der Waals surface area (Å²) in [6.07, 6.45) is 67.1. The molecule has 0 amide bonds. The first kappa shape index (κ1) is 107. The molecule has 12 heterocycles. The number of carbonyl (C=O) groups is 4. The van der Waals surface area contributed by atoms with Crippen LogP contribution in [0.2, 0.25) is 0 Å². The minimum Gasteiger partial charge on any atom is -0.393 e. The SMILES string of the molecule is C#Cc1cnc(C(=O)Cc2ccc(C3(O)C[C@@]4(CO)C=C[C@@](CO)(C3)O4)cc2C2=CCC(C)(C)CC2)[nH]1.C#Cc1cnc(C(=O)Cc2ccc(C3(O)C[C@@]4(COC)C=C[C@@](COC)(C3)O4)cc2C2=CCC(C)(C)CC2)[nH]1.C#Cc1cnc(C(=O)Cc2ccc(C3=C[C@@]4(CO)C=C[C@@](CO)(C3)O4)cc2C2=CCC(C)(C)CC2)[nH]1.C#Cc1cnc(C(=O)Cc2ccc(C3C[C@]4(CO)CC[C@](CO)(C3)O4)cc2C2=CCC(C)(C)CC2)[nH]1. The van der Waals surface area contributed by atoms with Crippen LogP contribution >= 0.6 is 0 Å². The van der Waals surface area contributed by atoms with Gasteiger partial charge in [0.1, 0.15) is 56.4 Å². The standard InChI is InChI=1S/C32H38N2O5.C30H34N2O5.C30H36N2O4.C30H32N2O4/c1-6-25-17-33-28(34-25)27(35)15-23-7-8-24(16-26(23)22-9-11-29(2,3)12-10-22)32(36)18-30(20-37-4)13-14-31(19-32,39-30)21-38-5;1-4-23-15-31-26(32-23)25(35)13-21-5-6-22(14-24(21)20-7-9-27(2,3)10-8-20)30(36)16-28(18-33)11-12-29(17-30,19-34)37-28;2*1-4-24-17-31-27(32-24)26(35)14-22-6-5-21(13-25(22)20-7-9-28(2,3)10-8-20)23-15-29(18-33)11-12-30(16-23,19-34)36-29/h1,7-9,13-14,16-17,36H,10-12,15,18-21H2,2-5H3,(H,33,34);1,5-7,11-12,14-15,33-34,36H,8-10,13,16-19H2,2-3H3,(H,31,32);1,5-7,13,17,23,33-34H,8-12,14-16,18-19H2,2-3H3,(H,31,32);1,5-7,11-13,15,17,33-34H,8-10,14,16,18-19H2,2-3H3,(H,31,32)/t30-,31+,32?;28-,29+,30?;23?,29-,30+;29-,30+/m...1/s1. The van der Waals surface area contributed by atoms with Gasteiger partial charge in [0.2, 0.25) is 23.1 Å². The number of benzene rings is 4. The van der Waals surface area contributed by atoms with E-state index in [0.29, 0.717) is 60.8 Å². The molecule has 4 fully saturated rings. The maximum Gasteiger partial charge on any atom is 0.202 e. The number of ketones is 4. The average molecular weight is 2010 g/mol. The van der Waals surface area contributed by atoms with Crippen molar-refractivity contribution in [3.05, 3.63) is 277 Å². The van der Waals surface area contributed by atoms with Gasteiger partial charge in [0, 0.05) is 72.0 Å². The highest BCUT2D eigenvalue weighted by molar-refractivity contribution is 5.98. The summed E-state index contributed by atoms with van der Waals surface area (Å²) < 4.78 is 35.8. The van der Waals surface area contributed by atoms with E-state index in [1.165, 1.54) is 47.1 Å². The summed E-state index contributed by atoms with van der Waals surface area (Å²) in [6.45, 7) is 17.8. The Hall–Kier alpha value is -12.0. The van der Waals surface area contributed by atoms with Crippen LogP contribution < -0.4 is 0 Å². The van der Waals surface area contributed by atoms with Gasteiger partial charge in [-0.1, -0.05) is 188 Å². The number of nitrogens with one attached hydrogen (secondary N) is 4. The second-order valence-electron chi connectivity index (χ2n) is 46.6. The summed E-state index contributed by atoms with van der Waals surface area (Å²) in [4.78, 5) is 80.6. The van der Waals surface area contributed by atoms with Crippen molar-refractivity contribution in [2.75, 3.05) is 67.1 Å². The normalized spacial score (nSPS) is 28.7. The van der Waals surface area contributed by atoms with Crippen molar-refractivity contribution in [3.8, 4) is 49.4 Å². The summed E-state index contributed by atoms with van der Waals surface area (Å²) in [5, 5.41) is 84.8. The maximum absolute atomic E-state index is 13.2. The summed E-state index contributed by atoms with van der Waals surface area (Å²) >= 11 is 0. The number of ether oxygens (including phenoxy) is 6. The molecule has 3 unspecified atom stereocenters. The Bertz CT molecular complexity index is 6820. The molecule has 0 radical (unpaired) electrons. The third-order valence-corrected chi connectivity index (χ3v) is 32.7. The molecule has 8 aliphatic heterocycles. The van der Waals surface area contributed by atoms with Gasteiger partial charge in [0.25, 0.3) is 0 Å². The molecule has 4 aromatic heterocycles. The van der Waals surface area contributed by atoms with Crippen molar-refractivity contribution in [2.24, 2.45) is 21.7 Å². The molecule has 26 nitrogen and oxygen atoms in total. The largest absolute Gasteiger partial charge is 0.393 e.